The first kappa shape index (κ1) is 16.3. The lowest BCUT2D eigenvalue weighted by molar-refractivity contribution is -0.132. The number of nitrogens with one attached hydrogen (secondary N) is 1. The van der Waals surface area contributed by atoms with Crippen molar-refractivity contribution < 1.29 is 14.3 Å². The largest absolute Gasteiger partial charge is 0.444 e. The van der Waals surface area contributed by atoms with E-state index in [1.165, 1.54) is 0 Å². The Morgan fingerprint density at radius 1 is 1.14 bits per heavy atom. The van der Waals surface area contributed by atoms with Crippen LogP contribution in [0.2, 0.25) is 0 Å². The molecule has 1 fully saturated rings. The molecule has 1 aromatic rings. The van der Waals surface area contributed by atoms with E-state index in [-0.39, 0.29) is 5.91 Å². The van der Waals surface area contributed by atoms with E-state index in [1.807, 2.05) is 30.3 Å². The number of carbonyl (C=O) groups excluding carboxylic acids is 2. The van der Waals surface area contributed by atoms with Crippen LogP contribution in [0.25, 0.3) is 0 Å². The highest BCUT2D eigenvalue weighted by molar-refractivity contribution is 5.87. The SMILES string of the molecule is CC(C)(C)OC(=O)NC(C(=O)N1CCCC1)c1ccccc1. The first-order valence-electron chi connectivity index (χ1n) is 7.70. The van der Waals surface area contributed by atoms with Gasteiger partial charge in [0, 0.05) is 13.1 Å². The third-order valence-corrected chi connectivity index (χ3v) is 3.46. The molecule has 0 radical (unpaired) electrons. The number of ether oxygens (including phenoxy) is 1. The third kappa shape index (κ3) is 4.48. The molecule has 2 amide bonds. The molecule has 22 heavy (non-hydrogen) atoms. The molecule has 1 unspecified atom stereocenters. The van der Waals surface area contributed by atoms with Gasteiger partial charge in [-0.3, -0.25) is 4.79 Å². The van der Waals surface area contributed by atoms with Gasteiger partial charge in [0.2, 0.25) is 5.91 Å². The maximum absolute atomic E-state index is 12.7. The number of hydrogen-bond acceptors (Lipinski definition) is 3. The van der Waals surface area contributed by atoms with Crippen LogP contribution in [0.4, 0.5) is 4.79 Å². The zero-order valence-electron chi connectivity index (χ0n) is 13.5. The number of amides is 2. The minimum Gasteiger partial charge on any atom is -0.444 e. The normalized spacial score (nSPS) is 16.2. The molecule has 1 heterocycles. The van der Waals surface area contributed by atoms with Crippen LogP contribution in [-0.4, -0.2) is 35.6 Å². The predicted octanol–water partition coefficient (Wildman–Crippen LogP) is 2.87. The molecule has 1 atom stereocenters. The summed E-state index contributed by atoms with van der Waals surface area (Å²) in [5.41, 5.74) is 0.174. The van der Waals surface area contributed by atoms with Crippen molar-refractivity contribution in [3.05, 3.63) is 35.9 Å². The topological polar surface area (TPSA) is 58.6 Å². The third-order valence-electron chi connectivity index (χ3n) is 3.46. The molecular formula is C17H24N2O3. The van der Waals surface area contributed by atoms with E-state index in [0.717, 1.165) is 31.5 Å². The number of hydrogen-bond donors (Lipinski definition) is 1. The van der Waals surface area contributed by atoms with E-state index >= 15 is 0 Å². The number of nitrogens with zero attached hydrogens (tertiary/aromatic N) is 1. The lowest BCUT2D eigenvalue weighted by Crippen LogP contribution is -2.43. The molecule has 0 aromatic heterocycles. The Hall–Kier alpha value is -2.04. The zero-order chi connectivity index (χ0) is 16.2. The predicted molar refractivity (Wildman–Crippen MR) is 84.4 cm³/mol. The summed E-state index contributed by atoms with van der Waals surface area (Å²) in [6.45, 7) is 6.89. The van der Waals surface area contributed by atoms with Gasteiger partial charge in [0.05, 0.1) is 0 Å². The number of carbonyl (C=O) groups is 2. The van der Waals surface area contributed by atoms with Crippen LogP contribution < -0.4 is 5.32 Å². The van der Waals surface area contributed by atoms with E-state index in [2.05, 4.69) is 5.32 Å². The minimum atomic E-state index is -0.700. The summed E-state index contributed by atoms with van der Waals surface area (Å²) >= 11 is 0. The fraction of sp³-hybridized carbons (Fsp3) is 0.529. The van der Waals surface area contributed by atoms with Gasteiger partial charge in [0.1, 0.15) is 11.6 Å². The van der Waals surface area contributed by atoms with Gasteiger partial charge >= 0.3 is 6.09 Å². The van der Waals surface area contributed by atoms with Crippen molar-refractivity contribution in [2.24, 2.45) is 0 Å². The average molecular weight is 304 g/mol. The maximum atomic E-state index is 12.7. The lowest BCUT2D eigenvalue weighted by Gasteiger charge is -2.26. The summed E-state index contributed by atoms with van der Waals surface area (Å²) in [6, 6.07) is 8.58. The molecule has 1 aromatic carbocycles. The van der Waals surface area contributed by atoms with Crippen molar-refractivity contribution in [3.8, 4) is 0 Å². The average Bonchev–Trinajstić information content (AvgIpc) is 2.97. The van der Waals surface area contributed by atoms with Gasteiger partial charge in [-0.1, -0.05) is 30.3 Å². The van der Waals surface area contributed by atoms with Crippen LogP contribution in [0.5, 0.6) is 0 Å². The van der Waals surface area contributed by atoms with Gasteiger partial charge < -0.3 is 15.0 Å². The van der Waals surface area contributed by atoms with Crippen LogP contribution in [0.3, 0.4) is 0 Å². The number of rotatable bonds is 3. The molecule has 1 N–H and O–H groups in total. The molecule has 1 aliphatic rings. The minimum absolute atomic E-state index is 0.0745. The smallest absolute Gasteiger partial charge is 0.408 e. The Morgan fingerprint density at radius 3 is 2.27 bits per heavy atom. The van der Waals surface area contributed by atoms with Gasteiger partial charge in [-0.05, 0) is 39.2 Å². The highest BCUT2D eigenvalue weighted by Gasteiger charge is 2.30. The van der Waals surface area contributed by atoms with Crippen molar-refractivity contribution in [2.75, 3.05) is 13.1 Å². The maximum Gasteiger partial charge on any atom is 0.408 e. The first-order chi connectivity index (χ1) is 10.4. The molecule has 0 bridgehead atoms. The number of benzene rings is 1. The molecule has 0 spiro atoms. The Kier molecular flexibility index (Phi) is 5.06. The van der Waals surface area contributed by atoms with Crippen LogP contribution in [-0.2, 0) is 9.53 Å². The highest BCUT2D eigenvalue weighted by Crippen LogP contribution is 2.20. The van der Waals surface area contributed by atoms with E-state index < -0.39 is 17.7 Å². The van der Waals surface area contributed by atoms with E-state index in [0.29, 0.717) is 0 Å². The standard InChI is InChI=1S/C17H24N2O3/c1-17(2,3)22-16(21)18-14(13-9-5-4-6-10-13)15(20)19-11-7-8-12-19/h4-6,9-10,14H,7-8,11-12H2,1-3H3,(H,18,21). The second kappa shape index (κ2) is 6.81. The molecule has 0 saturated carbocycles. The van der Waals surface area contributed by atoms with Crippen LogP contribution >= 0.6 is 0 Å². The number of likely N-dealkylation sites (tertiary alicyclic amines) is 1. The Labute approximate surface area is 131 Å². The molecule has 2 rings (SSSR count). The van der Waals surface area contributed by atoms with Crippen molar-refractivity contribution in [3.63, 3.8) is 0 Å². The number of alkyl carbamates (subject to hydrolysis) is 1. The van der Waals surface area contributed by atoms with Crippen molar-refractivity contribution in [2.45, 2.75) is 45.3 Å². The molecule has 1 aliphatic heterocycles. The molecule has 5 heteroatoms. The molecule has 120 valence electrons. The summed E-state index contributed by atoms with van der Waals surface area (Å²) in [7, 11) is 0. The molecular weight excluding hydrogens is 280 g/mol. The summed E-state index contributed by atoms with van der Waals surface area (Å²) in [5.74, 6) is -0.0745. The summed E-state index contributed by atoms with van der Waals surface area (Å²) in [5, 5.41) is 2.71. The van der Waals surface area contributed by atoms with Crippen LogP contribution in [0.1, 0.15) is 45.2 Å². The quantitative estimate of drug-likeness (QED) is 0.934. The fourth-order valence-corrected chi connectivity index (χ4v) is 2.48. The summed E-state index contributed by atoms with van der Waals surface area (Å²) in [4.78, 5) is 26.6. The Morgan fingerprint density at radius 2 is 1.73 bits per heavy atom. The second-order valence-corrected chi connectivity index (χ2v) is 6.52. The Bertz CT molecular complexity index is 516. The van der Waals surface area contributed by atoms with Crippen molar-refractivity contribution in [1.29, 1.82) is 0 Å². The second-order valence-electron chi connectivity index (χ2n) is 6.52. The van der Waals surface area contributed by atoms with Crippen molar-refractivity contribution in [1.82, 2.24) is 10.2 Å². The molecule has 0 aliphatic carbocycles. The monoisotopic (exact) mass is 304 g/mol. The van der Waals surface area contributed by atoms with Gasteiger partial charge in [-0.25, -0.2) is 4.79 Å². The van der Waals surface area contributed by atoms with Crippen molar-refractivity contribution >= 4 is 12.0 Å². The van der Waals surface area contributed by atoms with Gasteiger partial charge in [-0.2, -0.15) is 0 Å². The summed E-state index contributed by atoms with van der Waals surface area (Å²) in [6.07, 6.45) is 1.45. The van der Waals surface area contributed by atoms with Gasteiger partial charge in [0.25, 0.3) is 0 Å². The van der Waals surface area contributed by atoms with Crippen LogP contribution in [0, 0.1) is 0 Å². The molecule has 1 saturated heterocycles. The highest BCUT2D eigenvalue weighted by atomic mass is 16.6. The summed E-state index contributed by atoms with van der Waals surface area (Å²) < 4.78 is 5.28. The van der Waals surface area contributed by atoms with Crippen LogP contribution in [0.15, 0.2) is 30.3 Å². The van der Waals surface area contributed by atoms with Gasteiger partial charge in [-0.15, -0.1) is 0 Å². The Balaban J connectivity index is 2.15. The fourth-order valence-electron chi connectivity index (χ4n) is 2.48. The zero-order valence-corrected chi connectivity index (χ0v) is 13.5. The van der Waals surface area contributed by atoms with E-state index in [4.69, 9.17) is 4.74 Å². The lowest BCUT2D eigenvalue weighted by atomic mass is 10.1. The van der Waals surface area contributed by atoms with Gasteiger partial charge in [0.15, 0.2) is 0 Å². The van der Waals surface area contributed by atoms with E-state index in [1.54, 1.807) is 25.7 Å². The first-order valence-corrected chi connectivity index (χ1v) is 7.70. The molecule has 5 nitrogen and oxygen atoms in total. The van der Waals surface area contributed by atoms with E-state index in [9.17, 15) is 9.59 Å².